The van der Waals surface area contributed by atoms with E-state index in [9.17, 15) is 4.79 Å². The zero-order valence-corrected chi connectivity index (χ0v) is 10.5. The summed E-state index contributed by atoms with van der Waals surface area (Å²) < 4.78 is 5.09. The minimum absolute atomic E-state index is 0.190. The summed E-state index contributed by atoms with van der Waals surface area (Å²) in [6.07, 6.45) is 1.83. The monoisotopic (exact) mass is 245 g/mol. The van der Waals surface area contributed by atoms with E-state index < -0.39 is 0 Å². The number of benzene rings is 1. The Hall–Kier alpha value is -2.35. The molecule has 5 heteroatoms. The average molecular weight is 245 g/mol. The van der Waals surface area contributed by atoms with Crippen LogP contribution in [-0.2, 0) is 4.79 Å². The van der Waals surface area contributed by atoms with Crippen LogP contribution in [0.15, 0.2) is 29.4 Å². The minimum atomic E-state index is -0.190. The molecule has 18 heavy (non-hydrogen) atoms. The highest BCUT2D eigenvalue weighted by atomic mass is 16.5. The van der Waals surface area contributed by atoms with Gasteiger partial charge in [-0.2, -0.15) is 10.4 Å². The number of nitrogens with zero attached hydrogens (tertiary/aromatic N) is 3. The quantitative estimate of drug-likeness (QED) is 0.586. The summed E-state index contributed by atoms with van der Waals surface area (Å²) in [4.78, 5) is 11.3. The van der Waals surface area contributed by atoms with Gasteiger partial charge in [-0.25, -0.2) is 5.01 Å². The molecule has 0 radical (unpaired) electrons. The van der Waals surface area contributed by atoms with E-state index in [4.69, 9.17) is 10.00 Å². The Morgan fingerprint density at radius 3 is 3.00 bits per heavy atom. The van der Waals surface area contributed by atoms with Crippen LogP contribution in [0, 0.1) is 11.3 Å². The van der Waals surface area contributed by atoms with Gasteiger partial charge in [0.05, 0.1) is 32.4 Å². The molecule has 0 aliphatic heterocycles. The fourth-order valence-corrected chi connectivity index (χ4v) is 1.31. The SMILES string of the molecule is COc1cccc(/C=N\N(CCC#N)C(C)=O)c1. The number of rotatable bonds is 5. The summed E-state index contributed by atoms with van der Waals surface area (Å²) in [5, 5.41) is 13.8. The standard InChI is InChI=1S/C13H15N3O2/c1-11(17)16(8-4-7-14)15-10-12-5-3-6-13(9-12)18-2/h3,5-6,9-10H,4,8H2,1-2H3/b15-10-. The number of ether oxygens (including phenoxy) is 1. The number of hydrogen-bond acceptors (Lipinski definition) is 4. The fourth-order valence-electron chi connectivity index (χ4n) is 1.31. The maximum Gasteiger partial charge on any atom is 0.239 e. The van der Waals surface area contributed by atoms with Crippen molar-refractivity contribution in [3.05, 3.63) is 29.8 Å². The molecule has 0 aliphatic carbocycles. The highest BCUT2D eigenvalue weighted by Gasteiger charge is 2.05. The molecule has 5 nitrogen and oxygen atoms in total. The van der Waals surface area contributed by atoms with Crippen molar-refractivity contribution in [1.29, 1.82) is 5.26 Å². The van der Waals surface area contributed by atoms with Gasteiger partial charge in [-0.3, -0.25) is 4.79 Å². The fraction of sp³-hybridized carbons (Fsp3) is 0.308. The van der Waals surface area contributed by atoms with Gasteiger partial charge >= 0.3 is 0 Å². The molecule has 0 fully saturated rings. The maximum atomic E-state index is 11.3. The molecule has 0 unspecified atom stereocenters. The third-order valence-electron chi connectivity index (χ3n) is 2.24. The topological polar surface area (TPSA) is 65.7 Å². The van der Waals surface area contributed by atoms with Gasteiger partial charge < -0.3 is 4.74 Å². The Bertz CT molecular complexity index is 477. The minimum Gasteiger partial charge on any atom is -0.497 e. The van der Waals surface area contributed by atoms with Gasteiger partial charge in [-0.05, 0) is 17.7 Å². The van der Waals surface area contributed by atoms with Crippen molar-refractivity contribution < 1.29 is 9.53 Å². The van der Waals surface area contributed by atoms with Gasteiger partial charge in [0.1, 0.15) is 5.75 Å². The van der Waals surface area contributed by atoms with Crippen molar-refractivity contribution >= 4 is 12.1 Å². The van der Waals surface area contributed by atoms with E-state index in [1.165, 1.54) is 11.9 Å². The summed E-state index contributed by atoms with van der Waals surface area (Å²) in [6, 6.07) is 9.32. The highest BCUT2D eigenvalue weighted by Crippen LogP contribution is 2.11. The number of hydrazone groups is 1. The van der Waals surface area contributed by atoms with E-state index in [0.29, 0.717) is 6.54 Å². The van der Waals surface area contributed by atoms with Crippen LogP contribution >= 0.6 is 0 Å². The number of carbonyl (C=O) groups excluding carboxylic acids is 1. The predicted molar refractivity (Wildman–Crippen MR) is 68.2 cm³/mol. The van der Waals surface area contributed by atoms with Crippen LogP contribution in [-0.4, -0.2) is 30.8 Å². The van der Waals surface area contributed by atoms with Crippen molar-refractivity contribution in [3.63, 3.8) is 0 Å². The molecule has 0 aliphatic rings. The largest absolute Gasteiger partial charge is 0.497 e. The summed E-state index contributed by atoms with van der Waals surface area (Å²) in [7, 11) is 1.59. The second-order valence-corrected chi connectivity index (χ2v) is 3.57. The first-order chi connectivity index (χ1) is 8.67. The van der Waals surface area contributed by atoms with Crippen molar-refractivity contribution in [1.82, 2.24) is 5.01 Å². The molecule has 0 bridgehead atoms. The lowest BCUT2D eigenvalue weighted by Gasteiger charge is -2.12. The first-order valence-corrected chi connectivity index (χ1v) is 5.50. The zero-order chi connectivity index (χ0) is 13.4. The van der Waals surface area contributed by atoms with Crippen molar-refractivity contribution in [2.75, 3.05) is 13.7 Å². The number of amides is 1. The molecule has 0 spiro atoms. The van der Waals surface area contributed by atoms with Crippen LogP contribution in [0.5, 0.6) is 5.75 Å². The Balaban J connectivity index is 2.75. The molecular formula is C13H15N3O2. The number of nitriles is 1. The number of methoxy groups -OCH3 is 1. The molecule has 1 rings (SSSR count). The lowest BCUT2D eigenvalue weighted by atomic mass is 10.2. The Kier molecular flexibility index (Phi) is 5.39. The van der Waals surface area contributed by atoms with E-state index >= 15 is 0 Å². The van der Waals surface area contributed by atoms with E-state index in [-0.39, 0.29) is 12.3 Å². The van der Waals surface area contributed by atoms with Gasteiger partial charge in [-0.1, -0.05) is 12.1 Å². The molecule has 1 aromatic carbocycles. The van der Waals surface area contributed by atoms with Crippen molar-refractivity contribution in [3.8, 4) is 11.8 Å². The third kappa shape index (κ3) is 4.26. The first-order valence-electron chi connectivity index (χ1n) is 5.50. The first kappa shape index (κ1) is 13.7. The smallest absolute Gasteiger partial charge is 0.239 e. The van der Waals surface area contributed by atoms with Gasteiger partial charge in [0.15, 0.2) is 0 Å². The molecule has 0 saturated carbocycles. The lowest BCUT2D eigenvalue weighted by molar-refractivity contribution is -0.128. The molecule has 0 aromatic heterocycles. The molecule has 1 aromatic rings. The van der Waals surface area contributed by atoms with Crippen LogP contribution in [0.2, 0.25) is 0 Å². The normalized spacial score (nSPS) is 10.1. The van der Waals surface area contributed by atoms with Crippen LogP contribution in [0.1, 0.15) is 18.9 Å². The zero-order valence-electron chi connectivity index (χ0n) is 10.5. The molecule has 94 valence electrons. The van der Waals surface area contributed by atoms with Crippen LogP contribution in [0.4, 0.5) is 0 Å². The van der Waals surface area contributed by atoms with Gasteiger partial charge in [0.25, 0.3) is 0 Å². The summed E-state index contributed by atoms with van der Waals surface area (Å²) >= 11 is 0. The van der Waals surface area contributed by atoms with E-state index in [1.807, 2.05) is 30.3 Å². The molecule has 0 heterocycles. The van der Waals surface area contributed by atoms with Gasteiger partial charge in [-0.15, -0.1) is 0 Å². The number of carbonyl (C=O) groups is 1. The second-order valence-electron chi connectivity index (χ2n) is 3.57. The average Bonchev–Trinajstić information content (AvgIpc) is 2.38. The third-order valence-corrected chi connectivity index (χ3v) is 2.24. The molecule has 0 N–H and O–H groups in total. The molecule has 1 amide bonds. The Morgan fingerprint density at radius 1 is 1.61 bits per heavy atom. The highest BCUT2D eigenvalue weighted by molar-refractivity contribution is 5.82. The summed E-state index contributed by atoms with van der Waals surface area (Å²) in [6.45, 7) is 1.71. The lowest BCUT2D eigenvalue weighted by Crippen LogP contribution is -2.24. The van der Waals surface area contributed by atoms with Crippen molar-refractivity contribution in [2.45, 2.75) is 13.3 Å². The molecule has 0 saturated heterocycles. The predicted octanol–water partition coefficient (Wildman–Crippen LogP) is 1.79. The number of hydrogen-bond donors (Lipinski definition) is 0. The molecular weight excluding hydrogens is 230 g/mol. The second kappa shape index (κ2) is 7.07. The van der Waals surface area contributed by atoms with E-state index in [2.05, 4.69) is 5.10 Å². The Labute approximate surface area is 106 Å². The van der Waals surface area contributed by atoms with E-state index in [1.54, 1.807) is 13.3 Å². The van der Waals surface area contributed by atoms with Gasteiger partial charge in [0, 0.05) is 6.92 Å². The van der Waals surface area contributed by atoms with Crippen LogP contribution in [0.3, 0.4) is 0 Å². The van der Waals surface area contributed by atoms with Crippen LogP contribution < -0.4 is 4.74 Å². The van der Waals surface area contributed by atoms with E-state index in [0.717, 1.165) is 11.3 Å². The van der Waals surface area contributed by atoms with Crippen LogP contribution in [0.25, 0.3) is 0 Å². The summed E-state index contributed by atoms with van der Waals surface area (Å²) in [5.74, 6) is 0.537. The van der Waals surface area contributed by atoms with Gasteiger partial charge in [0.2, 0.25) is 5.91 Å². The molecule has 0 atom stereocenters. The Morgan fingerprint density at radius 2 is 2.39 bits per heavy atom. The maximum absolute atomic E-state index is 11.3. The van der Waals surface area contributed by atoms with Crippen molar-refractivity contribution in [2.24, 2.45) is 5.10 Å². The summed E-state index contributed by atoms with van der Waals surface area (Å²) in [5.41, 5.74) is 0.831.